The number of fused-ring (bicyclic) bond motifs is 2. The van der Waals surface area contributed by atoms with Crippen molar-refractivity contribution in [1.29, 1.82) is 0 Å². The monoisotopic (exact) mass is 528 g/mol. The zero-order chi connectivity index (χ0) is 27.6. The molecule has 0 radical (unpaired) electrons. The largest absolute Gasteiger partial charge is 0.491 e. The number of aryl methyl sites for hydroxylation is 2. The van der Waals surface area contributed by atoms with Crippen LogP contribution in [0.4, 0.5) is 0 Å². The first-order chi connectivity index (χ1) is 19.0. The summed E-state index contributed by atoms with van der Waals surface area (Å²) < 4.78 is 17.8. The van der Waals surface area contributed by atoms with Crippen LogP contribution in [-0.2, 0) is 33.5 Å². The van der Waals surface area contributed by atoms with Gasteiger partial charge in [-0.25, -0.2) is 4.79 Å². The number of carboxylic acids is 1. The minimum Gasteiger partial charge on any atom is -0.491 e. The van der Waals surface area contributed by atoms with Crippen molar-refractivity contribution in [2.24, 2.45) is 0 Å². The van der Waals surface area contributed by atoms with E-state index < -0.39 is 12.1 Å². The summed E-state index contributed by atoms with van der Waals surface area (Å²) in [5, 5.41) is 9.32. The highest BCUT2D eigenvalue weighted by atomic mass is 16.5. The molecule has 0 saturated carbocycles. The molecule has 1 N–H and O–H groups in total. The molecule has 4 rings (SSSR count). The molecule has 5 nitrogen and oxygen atoms in total. The third-order valence-electron chi connectivity index (χ3n) is 7.01. The molecule has 1 aliphatic rings. The van der Waals surface area contributed by atoms with Gasteiger partial charge < -0.3 is 19.3 Å². The summed E-state index contributed by atoms with van der Waals surface area (Å²) >= 11 is 0. The lowest BCUT2D eigenvalue weighted by Crippen LogP contribution is -2.26. The Balaban J connectivity index is 1.44. The van der Waals surface area contributed by atoms with Crippen LogP contribution in [0.2, 0.25) is 0 Å². The fourth-order valence-corrected chi connectivity index (χ4v) is 5.11. The van der Waals surface area contributed by atoms with Gasteiger partial charge >= 0.3 is 5.97 Å². The number of benzene rings is 3. The third kappa shape index (κ3) is 7.59. The van der Waals surface area contributed by atoms with Gasteiger partial charge in [-0.1, -0.05) is 87.4 Å². The maximum atomic E-state index is 11.4. The van der Waals surface area contributed by atoms with Crippen LogP contribution < -0.4 is 4.74 Å². The molecule has 5 heteroatoms. The quantitative estimate of drug-likeness (QED) is 0.223. The lowest BCUT2D eigenvalue weighted by molar-refractivity contribution is -0.149. The summed E-state index contributed by atoms with van der Waals surface area (Å²) in [4.78, 5) is 11.4. The SMILES string of the molecule is CCCc1ccc2c(c1)C=Cc1cc(CCC)ccc1C2OCCOc1ccc(CC(OCC)C(=O)O)cc1. The van der Waals surface area contributed by atoms with E-state index in [1.807, 2.05) is 24.3 Å². The van der Waals surface area contributed by atoms with E-state index in [2.05, 4.69) is 62.4 Å². The summed E-state index contributed by atoms with van der Waals surface area (Å²) in [6.07, 6.45) is 8.13. The van der Waals surface area contributed by atoms with Gasteiger partial charge in [0.1, 0.15) is 18.5 Å². The van der Waals surface area contributed by atoms with E-state index in [1.165, 1.54) is 33.4 Å². The molecular weight excluding hydrogens is 488 g/mol. The Morgan fingerprint density at radius 2 is 1.36 bits per heavy atom. The molecule has 0 heterocycles. The van der Waals surface area contributed by atoms with E-state index in [-0.39, 0.29) is 6.10 Å². The molecule has 0 fully saturated rings. The standard InChI is InChI=1S/C34H40O5/c1-4-7-24-11-17-30-27(21-24)13-14-28-22-25(8-5-2)12-18-31(28)33(30)39-20-19-38-29-15-9-26(10-16-29)23-32(34(35)36)37-6-3/h9-18,21-22,32-33H,4-8,19-20,23H2,1-3H3,(H,35,36). The first kappa shape index (κ1) is 28.6. The molecule has 1 unspecified atom stereocenters. The molecule has 39 heavy (non-hydrogen) atoms. The van der Waals surface area contributed by atoms with Gasteiger partial charge in [0.15, 0.2) is 6.10 Å². The highest BCUT2D eigenvalue weighted by molar-refractivity contribution is 5.77. The summed E-state index contributed by atoms with van der Waals surface area (Å²) in [6.45, 7) is 7.42. The Morgan fingerprint density at radius 3 is 1.87 bits per heavy atom. The van der Waals surface area contributed by atoms with Crippen molar-refractivity contribution in [3.05, 3.63) is 99.6 Å². The van der Waals surface area contributed by atoms with Crippen molar-refractivity contribution < 1.29 is 24.1 Å². The Kier molecular flexibility index (Phi) is 10.3. The second-order valence-corrected chi connectivity index (χ2v) is 9.99. The number of ether oxygens (including phenoxy) is 3. The number of carbonyl (C=O) groups is 1. The Labute approximate surface area is 232 Å². The van der Waals surface area contributed by atoms with Crippen LogP contribution in [-0.4, -0.2) is 37.0 Å². The number of rotatable bonds is 14. The van der Waals surface area contributed by atoms with Crippen molar-refractivity contribution in [3.8, 4) is 5.75 Å². The van der Waals surface area contributed by atoms with Crippen LogP contribution in [0.3, 0.4) is 0 Å². The highest BCUT2D eigenvalue weighted by Crippen LogP contribution is 2.36. The van der Waals surface area contributed by atoms with E-state index in [0.717, 1.165) is 37.0 Å². The van der Waals surface area contributed by atoms with Gasteiger partial charge in [-0.05, 0) is 70.8 Å². The molecule has 1 aliphatic carbocycles. The summed E-state index contributed by atoms with van der Waals surface area (Å²) in [5.74, 6) is -0.225. The first-order valence-electron chi connectivity index (χ1n) is 14.1. The van der Waals surface area contributed by atoms with Crippen molar-refractivity contribution in [2.45, 2.75) is 65.1 Å². The van der Waals surface area contributed by atoms with E-state index in [1.54, 1.807) is 6.92 Å². The zero-order valence-electron chi connectivity index (χ0n) is 23.3. The Hall–Kier alpha value is -3.41. The number of hydrogen-bond acceptors (Lipinski definition) is 4. The van der Waals surface area contributed by atoms with Crippen molar-refractivity contribution in [2.75, 3.05) is 19.8 Å². The molecule has 1 atom stereocenters. The van der Waals surface area contributed by atoms with E-state index in [9.17, 15) is 9.90 Å². The third-order valence-corrected chi connectivity index (χ3v) is 7.01. The summed E-state index contributed by atoms with van der Waals surface area (Å²) in [7, 11) is 0. The zero-order valence-corrected chi connectivity index (χ0v) is 23.3. The van der Waals surface area contributed by atoms with Gasteiger partial charge in [0.2, 0.25) is 0 Å². The van der Waals surface area contributed by atoms with Crippen molar-refractivity contribution >= 4 is 18.1 Å². The smallest absolute Gasteiger partial charge is 0.333 e. The average Bonchev–Trinajstić information content (AvgIpc) is 3.08. The molecule has 0 spiro atoms. The number of hydrogen-bond donors (Lipinski definition) is 1. The normalized spacial score (nSPS) is 13.4. The van der Waals surface area contributed by atoms with Crippen molar-refractivity contribution in [1.82, 2.24) is 0 Å². The topological polar surface area (TPSA) is 65.0 Å². The average molecular weight is 529 g/mol. The molecule has 3 aromatic carbocycles. The van der Waals surface area contributed by atoms with Crippen LogP contribution in [0, 0.1) is 0 Å². The molecule has 3 aromatic rings. The Morgan fingerprint density at radius 1 is 0.795 bits per heavy atom. The molecule has 0 aromatic heterocycles. The fourth-order valence-electron chi connectivity index (χ4n) is 5.11. The summed E-state index contributed by atoms with van der Waals surface area (Å²) in [5.41, 5.74) is 8.37. The van der Waals surface area contributed by atoms with Gasteiger partial charge in [0.05, 0.1) is 6.61 Å². The van der Waals surface area contributed by atoms with E-state index in [4.69, 9.17) is 14.2 Å². The number of carboxylic acid groups (broad SMARTS) is 1. The fraction of sp³-hybridized carbons (Fsp3) is 0.382. The predicted octanol–water partition coefficient (Wildman–Crippen LogP) is 7.29. The maximum absolute atomic E-state index is 11.4. The molecule has 206 valence electrons. The predicted molar refractivity (Wildman–Crippen MR) is 156 cm³/mol. The second-order valence-electron chi connectivity index (χ2n) is 9.99. The van der Waals surface area contributed by atoms with Crippen LogP contribution in [0.5, 0.6) is 5.75 Å². The molecular formula is C34H40O5. The maximum Gasteiger partial charge on any atom is 0.333 e. The minimum atomic E-state index is -0.950. The Bertz CT molecular complexity index is 1200. The van der Waals surface area contributed by atoms with Crippen LogP contribution in [0.15, 0.2) is 60.7 Å². The second kappa shape index (κ2) is 14.1. The lowest BCUT2D eigenvalue weighted by Gasteiger charge is -2.22. The van der Waals surface area contributed by atoms with Gasteiger partial charge in [0, 0.05) is 13.0 Å². The van der Waals surface area contributed by atoms with Crippen molar-refractivity contribution in [3.63, 3.8) is 0 Å². The van der Waals surface area contributed by atoms with E-state index >= 15 is 0 Å². The van der Waals surface area contributed by atoms with Gasteiger partial charge in [0.25, 0.3) is 0 Å². The summed E-state index contributed by atoms with van der Waals surface area (Å²) in [6, 6.07) is 21.0. The molecule has 0 bridgehead atoms. The van der Waals surface area contributed by atoms with Crippen LogP contribution in [0.1, 0.15) is 78.7 Å². The van der Waals surface area contributed by atoms with Gasteiger partial charge in [-0.2, -0.15) is 0 Å². The molecule has 0 aliphatic heterocycles. The molecule has 0 amide bonds. The van der Waals surface area contributed by atoms with Gasteiger partial charge in [-0.3, -0.25) is 0 Å². The minimum absolute atomic E-state index is 0.172. The first-order valence-corrected chi connectivity index (χ1v) is 14.1. The van der Waals surface area contributed by atoms with Gasteiger partial charge in [-0.15, -0.1) is 0 Å². The van der Waals surface area contributed by atoms with E-state index in [0.29, 0.717) is 26.2 Å². The highest BCUT2D eigenvalue weighted by Gasteiger charge is 2.23. The number of aliphatic carboxylic acids is 1. The molecule has 0 saturated heterocycles. The van der Waals surface area contributed by atoms with Crippen LogP contribution in [0.25, 0.3) is 12.2 Å². The van der Waals surface area contributed by atoms with Crippen LogP contribution >= 0.6 is 0 Å². The lowest BCUT2D eigenvalue weighted by atomic mass is 9.93.